The van der Waals surface area contributed by atoms with Gasteiger partial charge in [-0.2, -0.15) is 0 Å². The van der Waals surface area contributed by atoms with Crippen molar-refractivity contribution in [2.45, 2.75) is 6.23 Å². The van der Waals surface area contributed by atoms with E-state index in [2.05, 4.69) is 5.32 Å². The van der Waals surface area contributed by atoms with E-state index < -0.39 is 11.2 Å². The average Bonchev–Trinajstić information content (AvgIpc) is 2.16. The Morgan fingerprint density at radius 1 is 1.50 bits per heavy atom. The largest absolute Gasteiger partial charge is 0.376 e. The Balaban J connectivity index is 2.46. The van der Waals surface area contributed by atoms with Crippen LogP contribution in [0, 0.1) is 10.1 Å². The summed E-state index contributed by atoms with van der Waals surface area (Å²) in [6.07, 6.45) is -1.59. The van der Waals surface area contributed by atoms with Crippen LogP contribution in [-0.4, -0.2) is 22.8 Å². The van der Waals surface area contributed by atoms with Crippen molar-refractivity contribution in [1.29, 1.82) is 0 Å². The summed E-state index contributed by atoms with van der Waals surface area (Å²) in [5.41, 5.74) is 0.676. The molecule has 76 valence electrons. The molecule has 0 radical (unpaired) electrons. The molecule has 1 aromatic rings. The summed E-state index contributed by atoms with van der Waals surface area (Å²) < 4.78 is 0. The maximum absolute atomic E-state index is 10.1. The van der Waals surface area contributed by atoms with Crippen molar-refractivity contribution in [3.63, 3.8) is 0 Å². The zero-order chi connectivity index (χ0) is 10.6. The third-order valence-electron chi connectivity index (χ3n) is 1.58. The number of hydrogen-bond donors (Lipinski definition) is 2. The number of rotatable bonds is 4. The van der Waals surface area contributed by atoms with E-state index in [-0.39, 0.29) is 6.54 Å². The molecule has 5 nitrogen and oxygen atoms in total. The van der Waals surface area contributed by atoms with Gasteiger partial charge in [0.05, 0.1) is 4.92 Å². The van der Waals surface area contributed by atoms with Gasteiger partial charge in [-0.25, -0.2) is 0 Å². The Kier molecular flexibility index (Phi) is 3.67. The van der Waals surface area contributed by atoms with Crippen molar-refractivity contribution in [2.75, 3.05) is 11.9 Å². The molecule has 1 aromatic carbocycles. The summed E-state index contributed by atoms with van der Waals surface area (Å²) in [5.74, 6) is 0. The number of nitro groups is 1. The van der Waals surface area contributed by atoms with Crippen LogP contribution in [0.5, 0.6) is 0 Å². The van der Waals surface area contributed by atoms with Gasteiger partial charge in [-0.1, -0.05) is 11.6 Å². The highest BCUT2D eigenvalue weighted by molar-refractivity contribution is 6.30. The fourth-order valence-electron chi connectivity index (χ4n) is 0.851. The highest BCUT2D eigenvalue weighted by atomic mass is 35.5. The van der Waals surface area contributed by atoms with Crippen molar-refractivity contribution in [3.05, 3.63) is 39.4 Å². The van der Waals surface area contributed by atoms with Crippen LogP contribution in [0.3, 0.4) is 0 Å². The van der Waals surface area contributed by atoms with E-state index in [0.29, 0.717) is 10.7 Å². The van der Waals surface area contributed by atoms with Crippen molar-refractivity contribution in [1.82, 2.24) is 0 Å². The molecule has 1 rings (SSSR count). The predicted octanol–water partition coefficient (Wildman–Crippen LogP) is 1.35. The smallest absolute Gasteiger partial charge is 0.330 e. The molecule has 0 bridgehead atoms. The van der Waals surface area contributed by atoms with Crippen LogP contribution in [0.15, 0.2) is 24.3 Å². The lowest BCUT2D eigenvalue weighted by Gasteiger charge is -2.06. The van der Waals surface area contributed by atoms with E-state index in [1.165, 1.54) is 0 Å². The van der Waals surface area contributed by atoms with E-state index in [0.717, 1.165) is 0 Å². The van der Waals surface area contributed by atoms with Gasteiger partial charge in [-0.3, -0.25) is 10.1 Å². The minimum atomic E-state index is -1.59. The van der Waals surface area contributed by atoms with Gasteiger partial charge in [0, 0.05) is 10.7 Å². The summed E-state index contributed by atoms with van der Waals surface area (Å²) in [6, 6.07) is 6.66. The maximum Gasteiger partial charge on any atom is 0.330 e. The predicted molar refractivity (Wildman–Crippen MR) is 52.9 cm³/mol. The zero-order valence-electron chi connectivity index (χ0n) is 7.18. The van der Waals surface area contributed by atoms with E-state index in [1.54, 1.807) is 24.3 Å². The molecule has 0 aromatic heterocycles. The molecule has 0 saturated heterocycles. The quantitative estimate of drug-likeness (QED) is 0.453. The zero-order valence-corrected chi connectivity index (χ0v) is 7.94. The van der Waals surface area contributed by atoms with Gasteiger partial charge in [0.1, 0.15) is 6.54 Å². The van der Waals surface area contributed by atoms with Crippen LogP contribution in [-0.2, 0) is 0 Å². The summed E-state index contributed by atoms with van der Waals surface area (Å²) >= 11 is 5.64. The Hall–Kier alpha value is -1.33. The van der Waals surface area contributed by atoms with Crippen LogP contribution in [0.1, 0.15) is 0 Å². The number of anilines is 1. The lowest BCUT2D eigenvalue weighted by atomic mass is 10.3. The minimum absolute atomic E-state index is 0.130. The van der Waals surface area contributed by atoms with E-state index in [1.807, 2.05) is 0 Å². The third kappa shape index (κ3) is 3.20. The number of aliphatic hydroxyl groups is 1. The van der Waals surface area contributed by atoms with Gasteiger partial charge in [-0.05, 0) is 24.3 Å². The van der Waals surface area contributed by atoms with Gasteiger partial charge < -0.3 is 10.4 Å². The first kappa shape index (κ1) is 10.7. The molecule has 1 atom stereocenters. The SMILES string of the molecule is O=[N+]([O-])C(O)CNc1ccc(Cl)cc1. The molecular weight excluding hydrogens is 208 g/mol. The minimum Gasteiger partial charge on any atom is -0.376 e. The van der Waals surface area contributed by atoms with Crippen molar-refractivity contribution >= 4 is 17.3 Å². The van der Waals surface area contributed by atoms with Gasteiger partial charge in [-0.15, -0.1) is 0 Å². The second-order valence-electron chi connectivity index (χ2n) is 2.65. The summed E-state index contributed by atoms with van der Waals surface area (Å²) in [6.45, 7) is -0.130. The summed E-state index contributed by atoms with van der Waals surface area (Å²) in [7, 11) is 0. The number of nitrogens with zero attached hydrogens (tertiary/aromatic N) is 1. The first-order valence-corrected chi connectivity index (χ1v) is 4.28. The fraction of sp³-hybridized carbons (Fsp3) is 0.250. The first-order valence-electron chi connectivity index (χ1n) is 3.90. The van der Waals surface area contributed by atoms with E-state index in [9.17, 15) is 10.1 Å². The van der Waals surface area contributed by atoms with Crippen molar-refractivity contribution < 1.29 is 10.0 Å². The fourth-order valence-corrected chi connectivity index (χ4v) is 0.977. The van der Waals surface area contributed by atoms with Gasteiger partial charge in [0.25, 0.3) is 0 Å². The molecule has 1 unspecified atom stereocenters. The van der Waals surface area contributed by atoms with Crippen LogP contribution in [0.4, 0.5) is 5.69 Å². The van der Waals surface area contributed by atoms with E-state index >= 15 is 0 Å². The molecule has 0 fully saturated rings. The molecular formula is C8H9ClN2O3. The highest BCUT2D eigenvalue weighted by Crippen LogP contribution is 2.13. The third-order valence-corrected chi connectivity index (χ3v) is 1.83. The maximum atomic E-state index is 10.1. The Labute approximate surface area is 85.5 Å². The Bertz CT molecular complexity index is 315. The second kappa shape index (κ2) is 4.78. The number of benzene rings is 1. The molecule has 0 amide bonds. The summed E-state index contributed by atoms with van der Waals surface area (Å²) in [4.78, 5) is 9.31. The monoisotopic (exact) mass is 216 g/mol. The number of nitrogens with one attached hydrogen (secondary N) is 1. The normalized spacial score (nSPS) is 12.1. The molecule has 0 heterocycles. The van der Waals surface area contributed by atoms with Gasteiger partial charge in [0.2, 0.25) is 0 Å². The van der Waals surface area contributed by atoms with Crippen LogP contribution in [0.25, 0.3) is 0 Å². The van der Waals surface area contributed by atoms with Gasteiger partial charge in [0.15, 0.2) is 0 Å². The molecule has 0 saturated carbocycles. The number of halogens is 1. The first-order chi connectivity index (χ1) is 6.59. The number of hydrogen-bond acceptors (Lipinski definition) is 4. The highest BCUT2D eigenvalue weighted by Gasteiger charge is 2.13. The van der Waals surface area contributed by atoms with Crippen LogP contribution in [0.2, 0.25) is 5.02 Å². The number of aliphatic hydroxyl groups excluding tert-OH is 1. The van der Waals surface area contributed by atoms with Crippen molar-refractivity contribution in [2.24, 2.45) is 0 Å². The lowest BCUT2D eigenvalue weighted by Crippen LogP contribution is -2.27. The van der Waals surface area contributed by atoms with Crippen LogP contribution >= 0.6 is 11.6 Å². The second-order valence-corrected chi connectivity index (χ2v) is 3.09. The van der Waals surface area contributed by atoms with Crippen molar-refractivity contribution in [3.8, 4) is 0 Å². The molecule has 0 spiro atoms. The molecule has 6 heteroatoms. The molecule has 2 N–H and O–H groups in total. The lowest BCUT2D eigenvalue weighted by molar-refractivity contribution is -0.565. The topological polar surface area (TPSA) is 75.4 Å². The van der Waals surface area contributed by atoms with E-state index in [4.69, 9.17) is 16.7 Å². The summed E-state index contributed by atoms with van der Waals surface area (Å²) in [5, 5.41) is 22.2. The molecule has 0 aliphatic rings. The molecule has 14 heavy (non-hydrogen) atoms. The van der Waals surface area contributed by atoms with Crippen LogP contribution < -0.4 is 5.32 Å². The van der Waals surface area contributed by atoms with Gasteiger partial charge >= 0.3 is 6.23 Å². The average molecular weight is 217 g/mol. The molecule has 0 aliphatic carbocycles. The Morgan fingerprint density at radius 3 is 2.57 bits per heavy atom. The molecule has 0 aliphatic heterocycles. The standard InChI is InChI=1S/C8H9ClN2O3/c9-6-1-3-7(4-2-6)10-5-8(12)11(13)14/h1-4,8,10,12H,5H2. The Morgan fingerprint density at radius 2 is 2.07 bits per heavy atom.